The van der Waals surface area contributed by atoms with E-state index >= 15 is 0 Å². The van der Waals surface area contributed by atoms with Gasteiger partial charge in [0, 0.05) is 27.6 Å². The molecule has 0 amide bonds. The second-order valence-electron chi connectivity index (χ2n) is 14.8. The highest BCUT2D eigenvalue weighted by Crippen LogP contribution is 2.62. The molecule has 12 rings (SSSR count). The van der Waals surface area contributed by atoms with Gasteiger partial charge in [0.25, 0.3) is 0 Å². The van der Waals surface area contributed by atoms with Crippen molar-refractivity contribution < 1.29 is 9.15 Å². The number of nitrogens with zero attached hydrogens (tertiary/aromatic N) is 2. The fourth-order valence-corrected chi connectivity index (χ4v) is 9.31. The van der Waals surface area contributed by atoms with Gasteiger partial charge in [-0.2, -0.15) is 0 Å². The third kappa shape index (κ3) is 4.62. The van der Waals surface area contributed by atoms with Gasteiger partial charge >= 0.3 is 0 Å². The highest BCUT2D eigenvalue weighted by molar-refractivity contribution is 6.08. The van der Waals surface area contributed by atoms with Gasteiger partial charge in [-0.05, 0) is 74.8 Å². The summed E-state index contributed by atoms with van der Waals surface area (Å²) in [6.45, 7) is 0. The van der Waals surface area contributed by atoms with Crippen molar-refractivity contribution in [3.05, 3.63) is 216 Å². The summed E-state index contributed by atoms with van der Waals surface area (Å²) >= 11 is 0. The minimum atomic E-state index is -0.510. The van der Waals surface area contributed by atoms with Crippen LogP contribution in [0.25, 0.3) is 78.1 Å². The molecule has 4 heteroatoms. The Hall–Kier alpha value is -7.56. The number of rotatable bonds is 4. The van der Waals surface area contributed by atoms with E-state index in [4.69, 9.17) is 19.1 Å². The van der Waals surface area contributed by atoms with Crippen LogP contribution < -0.4 is 4.74 Å². The molecular formula is C53H32N2O2. The quantitative estimate of drug-likeness (QED) is 0.181. The lowest BCUT2D eigenvalue weighted by Gasteiger charge is -2.39. The van der Waals surface area contributed by atoms with Gasteiger partial charge in [-0.15, -0.1) is 0 Å². The first-order chi connectivity index (χ1) is 28.3. The minimum absolute atomic E-state index is 0.510. The monoisotopic (exact) mass is 728 g/mol. The maximum Gasteiger partial charge on any atom is 0.180 e. The van der Waals surface area contributed by atoms with Crippen molar-refractivity contribution in [2.24, 2.45) is 0 Å². The Balaban J connectivity index is 1.00. The Kier molecular flexibility index (Phi) is 6.81. The van der Waals surface area contributed by atoms with Crippen molar-refractivity contribution in [2.75, 3.05) is 0 Å². The third-order valence-electron chi connectivity index (χ3n) is 11.8. The average Bonchev–Trinajstić information content (AvgIpc) is 3.80. The molecule has 57 heavy (non-hydrogen) atoms. The van der Waals surface area contributed by atoms with E-state index in [1.54, 1.807) is 0 Å². The number of ether oxygens (including phenoxy) is 1. The van der Waals surface area contributed by atoms with Crippen LogP contribution >= 0.6 is 0 Å². The average molecular weight is 729 g/mol. The molecule has 1 aliphatic carbocycles. The maximum atomic E-state index is 6.56. The molecule has 0 radical (unpaired) electrons. The zero-order valence-electron chi connectivity index (χ0n) is 30.7. The van der Waals surface area contributed by atoms with Gasteiger partial charge in [0.2, 0.25) is 0 Å². The first kappa shape index (κ1) is 31.8. The molecule has 2 aliphatic rings. The second kappa shape index (κ2) is 12.2. The van der Waals surface area contributed by atoms with E-state index in [1.807, 2.05) is 36.4 Å². The van der Waals surface area contributed by atoms with Gasteiger partial charge in [-0.3, -0.25) is 0 Å². The molecule has 1 spiro atoms. The summed E-state index contributed by atoms with van der Waals surface area (Å²) in [5, 5.41) is 0.974. The van der Waals surface area contributed by atoms with Crippen LogP contribution in [0.5, 0.6) is 11.5 Å². The zero-order valence-corrected chi connectivity index (χ0v) is 30.7. The predicted octanol–water partition coefficient (Wildman–Crippen LogP) is 13.5. The standard InChI is InChI=1S/C53H32N2O2/c1-2-14-35(15-3-1)52-54-49(51-50(55-52)41-19-7-11-23-46(41)57-51)40-18-5-4-16-37(40)34-28-26-33(27-29-34)36-30-31-39-38-17-6-8-20-42(38)53(45(39)32-36)43-21-9-12-24-47(43)56-48-25-13-10-22-44(48)53/h1-32H. The van der Waals surface area contributed by atoms with Crippen LogP contribution in [0, 0.1) is 0 Å². The van der Waals surface area contributed by atoms with Crippen molar-refractivity contribution in [1.29, 1.82) is 0 Å². The Labute approximate surface area is 329 Å². The van der Waals surface area contributed by atoms with Gasteiger partial charge in [0.15, 0.2) is 11.4 Å². The van der Waals surface area contributed by atoms with Gasteiger partial charge in [-0.25, -0.2) is 9.97 Å². The second-order valence-corrected chi connectivity index (χ2v) is 14.8. The molecule has 0 N–H and O–H groups in total. The number of para-hydroxylation sites is 3. The van der Waals surface area contributed by atoms with Crippen molar-refractivity contribution in [2.45, 2.75) is 5.41 Å². The smallest absolute Gasteiger partial charge is 0.180 e. The van der Waals surface area contributed by atoms with E-state index in [0.29, 0.717) is 11.4 Å². The minimum Gasteiger partial charge on any atom is -0.457 e. The lowest BCUT2D eigenvalue weighted by molar-refractivity contribution is 0.436. The maximum absolute atomic E-state index is 6.56. The summed E-state index contributed by atoms with van der Waals surface area (Å²) in [4.78, 5) is 10.2. The summed E-state index contributed by atoms with van der Waals surface area (Å²) in [6, 6.07) is 68.5. The van der Waals surface area contributed by atoms with Crippen molar-refractivity contribution >= 4 is 22.1 Å². The van der Waals surface area contributed by atoms with Crippen LogP contribution in [0.4, 0.5) is 0 Å². The molecule has 0 bridgehead atoms. The number of hydrogen-bond acceptors (Lipinski definition) is 4. The van der Waals surface area contributed by atoms with E-state index in [1.165, 1.54) is 22.3 Å². The Morgan fingerprint density at radius 2 is 0.965 bits per heavy atom. The molecule has 0 atom stereocenters. The van der Waals surface area contributed by atoms with Crippen molar-refractivity contribution in [3.8, 4) is 67.5 Å². The molecular weight excluding hydrogens is 697 g/mol. The van der Waals surface area contributed by atoms with E-state index in [0.717, 1.165) is 78.2 Å². The van der Waals surface area contributed by atoms with E-state index in [9.17, 15) is 0 Å². The molecule has 4 nitrogen and oxygen atoms in total. The normalized spacial score (nSPS) is 13.2. The summed E-state index contributed by atoms with van der Waals surface area (Å²) in [6.07, 6.45) is 0. The molecule has 1 aliphatic heterocycles. The molecule has 10 aromatic rings. The van der Waals surface area contributed by atoms with E-state index in [2.05, 4.69) is 158 Å². The summed E-state index contributed by atoms with van der Waals surface area (Å²) in [5.74, 6) is 2.46. The summed E-state index contributed by atoms with van der Waals surface area (Å²) < 4.78 is 13.1. The molecule has 3 heterocycles. The van der Waals surface area contributed by atoms with Crippen LogP contribution in [-0.4, -0.2) is 9.97 Å². The van der Waals surface area contributed by atoms with Gasteiger partial charge in [0.1, 0.15) is 28.3 Å². The van der Waals surface area contributed by atoms with Crippen molar-refractivity contribution in [1.82, 2.24) is 9.97 Å². The molecule has 0 saturated heterocycles. The molecule has 0 saturated carbocycles. The lowest BCUT2D eigenvalue weighted by atomic mass is 9.66. The Morgan fingerprint density at radius 1 is 0.386 bits per heavy atom. The number of aromatic nitrogens is 2. The fraction of sp³-hybridized carbons (Fsp3) is 0.0189. The Morgan fingerprint density at radius 3 is 1.74 bits per heavy atom. The number of hydrogen-bond donors (Lipinski definition) is 0. The van der Waals surface area contributed by atoms with Crippen LogP contribution in [-0.2, 0) is 5.41 Å². The molecule has 266 valence electrons. The fourth-order valence-electron chi connectivity index (χ4n) is 9.31. The molecule has 2 aromatic heterocycles. The van der Waals surface area contributed by atoms with Crippen LogP contribution in [0.3, 0.4) is 0 Å². The van der Waals surface area contributed by atoms with Gasteiger partial charge in [-0.1, -0.05) is 164 Å². The van der Waals surface area contributed by atoms with E-state index in [-0.39, 0.29) is 0 Å². The number of benzene rings is 8. The predicted molar refractivity (Wildman–Crippen MR) is 228 cm³/mol. The summed E-state index contributed by atoms with van der Waals surface area (Å²) in [5.41, 5.74) is 16.4. The van der Waals surface area contributed by atoms with Crippen molar-refractivity contribution in [3.63, 3.8) is 0 Å². The zero-order chi connectivity index (χ0) is 37.5. The first-order valence-electron chi connectivity index (χ1n) is 19.3. The van der Waals surface area contributed by atoms with E-state index < -0.39 is 5.41 Å². The molecule has 8 aromatic carbocycles. The highest BCUT2D eigenvalue weighted by atomic mass is 16.5. The first-order valence-corrected chi connectivity index (χ1v) is 19.3. The SMILES string of the molecule is c1ccc(-c2nc(-c3ccccc3-c3ccc(-c4ccc5c(c4)C4(c6ccccc6Oc6ccccc64)c4ccccc4-5)cc3)c3oc4ccccc4c3n2)cc1. The van der Waals surface area contributed by atoms with Gasteiger partial charge in [0.05, 0.1) is 5.41 Å². The highest BCUT2D eigenvalue weighted by Gasteiger charge is 2.51. The number of furan rings is 1. The van der Waals surface area contributed by atoms with Gasteiger partial charge < -0.3 is 9.15 Å². The lowest BCUT2D eigenvalue weighted by Crippen LogP contribution is -2.32. The largest absolute Gasteiger partial charge is 0.457 e. The summed E-state index contributed by atoms with van der Waals surface area (Å²) in [7, 11) is 0. The number of fused-ring (bicyclic) bond motifs is 12. The third-order valence-corrected chi connectivity index (χ3v) is 11.8. The molecule has 0 unspecified atom stereocenters. The van der Waals surface area contributed by atoms with Crippen LogP contribution in [0.2, 0.25) is 0 Å². The topological polar surface area (TPSA) is 48.2 Å². The van der Waals surface area contributed by atoms with Crippen LogP contribution in [0.1, 0.15) is 22.3 Å². The van der Waals surface area contributed by atoms with Crippen LogP contribution in [0.15, 0.2) is 199 Å². The Bertz CT molecular complexity index is 3170. The molecule has 0 fully saturated rings.